The smallest absolute Gasteiger partial charge is 0.228 e. The minimum absolute atomic E-state index is 0.0520. The van der Waals surface area contributed by atoms with Crippen molar-refractivity contribution >= 4 is 33.9 Å². The van der Waals surface area contributed by atoms with Crippen molar-refractivity contribution in [1.82, 2.24) is 9.97 Å². The minimum Gasteiger partial charge on any atom is -0.398 e. The highest BCUT2D eigenvalue weighted by atomic mass is 16.2. The highest BCUT2D eigenvalue weighted by Crippen LogP contribution is 2.37. The Morgan fingerprint density at radius 3 is 2.89 bits per heavy atom. The lowest BCUT2D eigenvalue weighted by atomic mass is 9.96. The number of pyridine rings is 2. The number of nitrogens with one attached hydrogen (secondary N) is 2. The Morgan fingerprint density at radius 2 is 2.07 bits per heavy atom. The maximum atomic E-state index is 12.0. The summed E-state index contributed by atoms with van der Waals surface area (Å²) in [6.45, 7) is 2.17. The Labute approximate surface area is 157 Å². The van der Waals surface area contributed by atoms with Crippen LogP contribution in [0, 0.1) is 5.92 Å². The maximum Gasteiger partial charge on any atom is 0.228 e. The van der Waals surface area contributed by atoms with Crippen LogP contribution in [0.5, 0.6) is 0 Å². The summed E-state index contributed by atoms with van der Waals surface area (Å²) < 4.78 is 0. The number of nitrogens with two attached hydrogens (primary N) is 1. The molecule has 136 valence electrons. The summed E-state index contributed by atoms with van der Waals surface area (Å²) in [5.41, 5.74) is 11.5. The molecule has 6 nitrogen and oxygen atoms in total. The minimum atomic E-state index is 0.0520. The number of fused-ring (bicyclic) bond motifs is 2. The van der Waals surface area contributed by atoms with Crippen LogP contribution in [0.1, 0.15) is 25.3 Å². The van der Waals surface area contributed by atoms with E-state index in [0.717, 1.165) is 46.8 Å². The molecule has 3 heterocycles. The van der Waals surface area contributed by atoms with Crippen molar-refractivity contribution in [3.8, 4) is 11.1 Å². The molecule has 0 bridgehead atoms. The predicted octanol–water partition coefficient (Wildman–Crippen LogP) is 3.58. The topological polar surface area (TPSA) is 92.9 Å². The molecule has 0 radical (unpaired) electrons. The molecule has 6 heteroatoms. The van der Waals surface area contributed by atoms with Gasteiger partial charge in [-0.15, -0.1) is 0 Å². The molecule has 2 aromatic heterocycles. The van der Waals surface area contributed by atoms with E-state index in [1.54, 1.807) is 6.20 Å². The number of hydrogen-bond donors (Lipinski definition) is 3. The quantitative estimate of drug-likeness (QED) is 0.622. The average Bonchev–Trinajstić information content (AvgIpc) is 3.42. The van der Waals surface area contributed by atoms with Gasteiger partial charge in [-0.3, -0.25) is 9.78 Å². The molecule has 1 unspecified atom stereocenters. The first-order valence-corrected chi connectivity index (χ1v) is 9.32. The molecule has 1 aromatic carbocycles. The van der Waals surface area contributed by atoms with E-state index in [1.807, 2.05) is 24.5 Å². The molecule has 1 atom stereocenters. The molecule has 5 rings (SSSR count). The summed E-state index contributed by atoms with van der Waals surface area (Å²) in [7, 11) is 0. The van der Waals surface area contributed by atoms with Crippen LogP contribution in [0.15, 0.2) is 36.8 Å². The van der Waals surface area contributed by atoms with Gasteiger partial charge >= 0.3 is 0 Å². The zero-order valence-electron chi connectivity index (χ0n) is 15.1. The molecule has 4 N–H and O–H groups in total. The second kappa shape index (κ2) is 5.94. The first kappa shape index (κ1) is 16.1. The normalized spacial score (nSPS) is 18.2. The molecule has 0 saturated heterocycles. The molecule has 27 heavy (non-hydrogen) atoms. The van der Waals surface area contributed by atoms with Crippen molar-refractivity contribution in [2.24, 2.45) is 5.92 Å². The third-order valence-electron chi connectivity index (χ3n) is 5.35. The molecule has 0 spiro atoms. The zero-order valence-corrected chi connectivity index (χ0v) is 15.1. The second-order valence-electron chi connectivity index (χ2n) is 7.58. The van der Waals surface area contributed by atoms with E-state index in [4.69, 9.17) is 5.73 Å². The van der Waals surface area contributed by atoms with E-state index in [-0.39, 0.29) is 11.8 Å². The van der Waals surface area contributed by atoms with Gasteiger partial charge in [0.25, 0.3) is 0 Å². The molecule has 1 aliphatic carbocycles. The fourth-order valence-corrected chi connectivity index (χ4v) is 3.79. The SMILES string of the molecule is CC1Cc2c(cncc2-c2cc(N)c3cnc(NC(=O)C4CC4)cc3c2)N1. The maximum absolute atomic E-state index is 12.0. The second-order valence-corrected chi connectivity index (χ2v) is 7.58. The van der Waals surface area contributed by atoms with Crippen molar-refractivity contribution in [3.05, 3.63) is 42.4 Å². The molecular weight excluding hydrogens is 338 g/mol. The lowest BCUT2D eigenvalue weighted by molar-refractivity contribution is -0.117. The zero-order chi connectivity index (χ0) is 18.5. The number of anilines is 3. The van der Waals surface area contributed by atoms with Crippen LogP contribution in [-0.4, -0.2) is 21.9 Å². The lowest BCUT2D eigenvalue weighted by Crippen LogP contribution is -2.14. The van der Waals surface area contributed by atoms with Gasteiger partial charge in [-0.1, -0.05) is 0 Å². The highest BCUT2D eigenvalue weighted by Gasteiger charge is 2.29. The Kier molecular flexibility index (Phi) is 3.53. The molecular formula is C21H21N5O. The largest absolute Gasteiger partial charge is 0.398 e. The Balaban J connectivity index is 1.58. The molecule has 1 amide bonds. The Hall–Kier alpha value is -3.15. The summed E-state index contributed by atoms with van der Waals surface area (Å²) in [5, 5.41) is 8.21. The number of rotatable bonds is 3. The van der Waals surface area contributed by atoms with E-state index < -0.39 is 0 Å². The first-order chi connectivity index (χ1) is 13.1. The molecule has 1 aliphatic heterocycles. The van der Waals surface area contributed by atoms with Gasteiger partial charge < -0.3 is 16.4 Å². The van der Waals surface area contributed by atoms with E-state index in [9.17, 15) is 4.79 Å². The van der Waals surface area contributed by atoms with Gasteiger partial charge in [0.1, 0.15) is 5.82 Å². The van der Waals surface area contributed by atoms with Gasteiger partial charge in [0.2, 0.25) is 5.91 Å². The van der Waals surface area contributed by atoms with Gasteiger partial charge in [0.05, 0.1) is 11.9 Å². The van der Waals surface area contributed by atoms with Crippen LogP contribution < -0.4 is 16.4 Å². The summed E-state index contributed by atoms with van der Waals surface area (Å²) in [6, 6.07) is 6.37. The number of carbonyl (C=O) groups is 1. The fourth-order valence-electron chi connectivity index (χ4n) is 3.79. The summed E-state index contributed by atoms with van der Waals surface area (Å²) >= 11 is 0. The van der Waals surface area contributed by atoms with Gasteiger partial charge in [0.15, 0.2) is 0 Å². The first-order valence-electron chi connectivity index (χ1n) is 9.32. The van der Waals surface area contributed by atoms with Crippen LogP contribution in [0.2, 0.25) is 0 Å². The molecule has 1 fully saturated rings. The van der Waals surface area contributed by atoms with E-state index in [1.165, 1.54) is 5.56 Å². The van der Waals surface area contributed by atoms with E-state index in [2.05, 4.69) is 33.6 Å². The van der Waals surface area contributed by atoms with Crippen LogP contribution in [0.4, 0.5) is 17.2 Å². The number of nitrogen functional groups attached to an aromatic ring is 1. The van der Waals surface area contributed by atoms with Crippen LogP contribution in [0.3, 0.4) is 0 Å². The van der Waals surface area contributed by atoms with Gasteiger partial charge in [-0.2, -0.15) is 0 Å². The monoisotopic (exact) mass is 359 g/mol. The number of aromatic nitrogens is 2. The van der Waals surface area contributed by atoms with Crippen molar-refractivity contribution in [2.75, 3.05) is 16.4 Å². The third kappa shape index (κ3) is 2.87. The van der Waals surface area contributed by atoms with Crippen LogP contribution >= 0.6 is 0 Å². The Morgan fingerprint density at radius 1 is 1.22 bits per heavy atom. The van der Waals surface area contributed by atoms with E-state index >= 15 is 0 Å². The number of nitrogens with zero attached hydrogens (tertiary/aromatic N) is 2. The molecule has 2 aliphatic rings. The van der Waals surface area contributed by atoms with Crippen molar-refractivity contribution in [2.45, 2.75) is 32.2 Å². The number of carbonyl (C=O) groups excluding carboxylic acids is 1. The molecule has 1 saturated carbocycles. The van der Waals surface area contributed by atoms with Crippen LogP contribution in [-0.2, 0) is 11.2 Å². The lowest BCUT2D eigenvalue weighted by Gasteiger charge is -2.11. The standard InChI is InChI=1S/C21H21N5O/c1-11-4-15-16(8-23-10-19(15)25-11)13-5-14-7-20(26-21(27)12-2-3-12)24-9-17(14)18(22)6-13/h5-12,25H,2-4,22H2,1H3,(H,24,26,27). The average molecular weight is 359 g/mol. The van der Waals surface area contributed by atoms with Gasteiger partial charge in [-0.25, -0.2) is 4.98 Å². The number of hydrogen-bond acceptors (Lipinski definition) is 5. The Bertz CT molecular complexity index is 1070. The summed E-state index contributed by atoms with van der Waals surface area (Å²) in [5.74, 6) is 0.769. The fraction of sp³-hybridized carbons (Fsp3) is 0.286. The van der Waals surface area contributed by atoms with Gasteiger partial charge in [0, 0.05) is 41.0 Å². The van der Waals surface area contributed by atoms with Crippen molar-refractivity contribution < 1.29 is 4.79 Å². The third-order valence-corrected chi connectivity index (χ3v) is 5.35. The highest BCUT2D eigenvalue weighted by molar-refractivity contribution is 6.00. The van der Waals surface area contributed by atoms with Crippen LogP contribution in [0.25, 0.3) is 21.9 Å². The van der Waals surface area contributed by atoms with Crippen molar-refractivity contribution in [1.29, 1.82) is 0 Å². The summed E-state index contributed by atoms with van der Waals surface area (Å²) in [6.07, 6.45) is 8.40. The molecule has 3 aromatic rings. The van der Waals surface area contributed by atoms with Gasteiger partial charge in [-0.05, 0) is 60.9 Å². The van der Waals surface area contributed by atoms with Crippen molar-refractivity contribution in [3.63, 3.8) is 0 Å². The number of benzene rings is 1. The summed E-state index contributed by atoms with van der Waals surface area (Å²) in [4.78, 5) is 20.8. The predicted molar refractivity (Wildman–Crippen MR) is 108 cm³/mol. The number of amides is 1. The van der Waals surface area contributed by atoms with E-state index in [0.29, 0.717) is 17.5 Å².